The zero-order valence-electron chi connectivity index (χ0n) is 17.2. The molecule has 1 atom stereocenters. The molecule has 0 bridgehead atoms. The van der Waals surface area contributed by atoms with Crippen molar-refractivity contribution in [3.63, 3.8) is 0 Å². The van der Waals surface area contributed by atoms with Crippen molar-refractivity contribution in [2.45, 2.75) is 66.2 Å². The Bertz CT molecular complexity index is 768. The van der Waals surface area contributed by atoms with Crippen LogP contribution in [0.2, 0.25) is 0 Å². The quantitative estimate of drug-likeness (QED) is 0.713. The van der Waals surface area contributed by atoms with Gasteiger partial charge in [-0.25, -0.2) is 0 Å². The summed E-state index contributed by atoms with van der Waals surface area (Å²) < 4.78 is 11.7. The molecule has 4 nitrogen and oxygen atoms in total. The lowest BCUT2D eigenvalue weighted by atomic mass is 10.0. The average molecular weight is 370 g/mol. The highest BCUT2D eigenvalue weighted by atomic mass is 16.5. The molecule has 0 saturated heterocycles. The van der Waals surface area contributed by atoms with E-state index in [1.54, 1.807) is 6.92 Å². The molecule has 0 heterocycles. The van der Waals surface area contributed by atoms with Crippen molar-refractivity contribution < 1.29 is 14.3 Å². The van der Waals surface area contributed by atoms with E-state index in [9.17, 15) is 4.79 Å². The number of hydrogen-bond donors (Lipinski definition) is 1. The first kappa shape index (κ1) is 20.8. The standard InChI is InChI=1S/C23H31NO3/c1-15(2)21-11-10-17(5)12-22(21)27-18(6)23(25)24-14-19-8-7-9-20(13-19)26-16(3)4/h7-13,15-16,18H,14H2,1-6H3,(H,24,25)/t18-/m1/s1. The molecular weight excluding hydrogens is 338 g/mol. The van der Waals surface area contributed by atoms with Gasteiger partial charge >= 0.3 is 0 Å². The first-order valence-electron chi connectivity index (χ1n) is 9.56. The van der Waals surface area contributed by atoms with Gasteiger partial charge in [0.2, 0.25) is 0 Å². The molecule has 0 aliphatic rings. The SMILES string of the molecule is Cc1ccc(C(C)C)c(O[C@H](C)C(=O)NCc2cccc(OC(C)C)c2)c1. The second-order valence-electron chi connectivity index (χ2n) is 7.49. The monoisotopic (exact) mass is 369 g/mol. The Morgan fingerprint density at radius 1 is 1.00 bits per heavy atom. The summed E-state index contributed by atoms with van der Waals surface area (Å²) >= 11 is 0. The highest BCUT2D eigenvalue weighted by Gasteiger charge is 2.17. The van der Waals surface area contributed by atoms with Crippen LogP contribution in [0.4, 0.5) is 0 Å². The van der Waals surface area contributed by atoms with Gasteiger partial charge < -0.3 is 14.8 Å². The zero-order valence-corrected chi connectivity index (χ0v) is 17.2. The van der Waals surface area contributed by atoms with E-state index in [0.717, 1.165) is 28.2 Å². The smallest absolute Gasteiger partial charge is 0.261 e. The minimum atomic E-state index is -0.570. The summed E-state index contributed by atoms with van der Waals surface area (Å²) in [7, 11) is 0. The average Bonchev–Trinajstić information content (AvgIpc) is 2.59. The summed E-state index contributed by atoms with van der Waals surface area (Å²) in [6.45, 7) is 12.5. The summed E-state index contributed by atoms with van der Waals surface area (Å²) in [6, 6.07) is 13.9. The molecule has 2 rings (SSSR count). The maximum absolute atomic E-state index is 12.5. The zero-order chi connectivity index (χ0) is 20.0. The van der Waals surface area contributed by atoms with Crippen LogP contribution in [0.1, 0.15) is 57.2 Å². The Balaban J connectivity index is 1.98. The summed E-state index contributed by atoms with van der Waals surface area (Å²) in [5, 5.41) is 2.94. The van der Waals surface area contributed by atoms with Crippen molar-refractivity contribution in [3.8, 4) is 11.5 Å². The largest absolute Gasteiger partial charge is 0.491 e. The van der Waals surface area contributed by atoms with Crippen LogP contribution in [0.25, 0.3) is 0 Å². The Labute approximate surface area is 162 Å². The number of benzene rings is 2. The van der Waals surface area contributed by atoms with Gasteiger partial charge in [0.05, 0.1) is 6.10 Å². The lowest BCUT2D eigenvalue weighted by Crippen LogP contribution is -2.36. The molecule has 1 N–H and O–H groups in total. The van der Waals surface area contributed by atoms with Crippen LogP contribution in [0.5, 0.6) is 11.5 Å². The van der Waals surface area contributed by atoms with E-state index in [4.69, 9.17) is 9.47 Å². The molecule has 4 heteroatoms. The molecule has 2 aromatic carbocycles. The normalized spacial score (nSPS) is 12.1. The third kappa shape index (κ3) is 6.31. The number of ether oxygens (including phenoxy) is 2. The summed E-state index contributed by atoms with van der Waals surface area (Å²) in [6.07, 6.45) is -0.452. The number of amides is 1. The summed E-state index contributed by atoms with van der Waals surface area (Å²) in [5.41, 5.74) is 3.22. The summed E-state index contributed by atoms with van der Waals surface area (Å²) in [5.74, 6) is 1.78. The molecule has 0 spiro atoms. The van der Waals surface area contributed by atoms with E-state index in [2.05, 4.69) is 31.3 Å². The van der Waals surface area contributed by atoms with E-state index in [1.807, 2.05) is 51.1 Å². The number of hydrogen-bond acceptors (Lipinski definition) is 3. The first-order valence-corrected chi connectivity index (χ1v) is 9.56. The molecule has 27 heavy (non-hydrogen) atoms. The van der Waals surface area contributed by atoms with Crippen molar-refractivity contribution in [1.29, 1.82) is 0 Å². The second kappa shape index (κ2) is 9.45. The minimum absolute atomic E-state index is 0.118. The predicted octanol–water partition coefficient (Wildman–Crippen LogP) is 4.99. The van der Waals surface area contributed by atoms with Crippen LogP contribution >= 0.6 is 0 Å². The topological polar surface area (TPSA) is 47.6 Å². The van der Waals surface area contributed by atoms with Gasteiger partial charge in [-0.05, 0) is 68.5 Å². The minimum Gasteiger partial charge on any atom is -0.491 e. The van der Waals surface area contributed by atoms with E-state index in [-0.39, 0.29) is 12.0 Å². The van der Waals surface area contributed by atoms with Crippen molar-refractivity contribution in [1.82, 2.24) is 5.32 Å². The Morgan fingerprint density at radius 3 is 2.41 bits per heavy atom. The van der Waals surface area contributed by atoms with E-state index in [1.165, 1.54) is 0 Å². The van der Waals surface area contributed by atoms with E-state index < -0.39 is 6.10 Å². The Kier molecular flexibility index (Phi) is 7.28. The van der Waals surface area contributed by atoms with Crippen LogP contribution < -0.4 is 14.8 Å². The number of carbonyl (C=O) groups excluding carboxylic acids is 1. The third-order valence-corrected chi connectivity index (χ3v) is 4.20. The fourth-order valence-electron chi connectivity index (χ4n) is 2.80. The molecule has 1 amide bonds. The molecule has 0 aromatic heterocycles. The van der Waals surface area contributed by atoms with Crippen molar-refractivity contribution >= 4 is 5.91 Å². The highest BCUT2D eigenvalue weighted by Crippen LogP contribution is 2.28. The molecule has 0 fully saturated rings. The molecule has 146 valence electrons. The van der Waals surface area contributed by atoms with Crippen molar-refractivity contribution in [2.24, 2.45) is 0 Å². The van der Waals surface area contributed by atoms with Gasteiger partial charge in [0.1, 0.15) is 11.5 Å². The fourth-order valence-corrected chi connectivity index (χ4v) is 2.80. The lowest BCUT2D eigenvalue weighted by molar-refractivity contribution is -0.127. The van der Waals surface area contributed by atoms with Crippen LogP contribution in [0, 0.1) is 6.92 Å². The number of carbonyl (C=O) groups is 1. The highest BCUT2D eigenvalue weighted by molar-refractivity contribution is 5.80. The van der Waals surface area contributed by atoms with E-state index >= 15 is 0 Å². The number of aryl methyl sites for hydroxylation is 1. The molecule has 0 aliphatic heterocycles. The molecule has 0 aliphatic carbocycles. The van der Waals surface area contributed by atoms with Gasteiger partial charge in [0, 0.05) is 6.54 Å². The summed E-state index contributed by atoms with van der Waals surface area (Å²) in [4.78, 5) is 12.5. The first-order chi connectivity index (χ1) is 12.8. The second-order valence-corrected chi connectivity index (χ2v) is 7.49. The predicted molar refractivity (Wildman–Crippen MR) is 109 cm³/mol. The number of rotatable bonds is 8. The van der Waals surface area contributed by atoms with Crippen LogP contribution in [-0.4, -0.2) is 18.1 Å². The Morgan fingerprint density at radius 2 is 1.74 bits per heavy atom. The van der Waals surface area contributed by atoms with Crippen LogP contribution in [0.3, 0.4) is 0 Å². The van der Waals surface area contributed by atoms with Crippen LogP contribution in [-0.2, 0) is 11.3 Å². The molecule has 2 aromatic rings. The van der Waals surface area contributed by atoms with Gasteiger partial charge in [-0.2, -0.15) is 0 Å². The third-order valence-electron chi connectivity index (χ3n) is 4.20. The maximum Gasteiger partial charge on any atom is 0.261 e. The van der Waals surface area contributed by atoms with Crippen molar-refractivity contribution in [3.05, 3.63) is 59.2 Å². The fraction of sp³-hybridized carbons (Fsp3) is 0.435. The number of nitrogens with one attached hydrogen (secondary N) is 1. The Hall–Kier alpha value is -2.49. The van der Waals surface area contributed by atoms with Gasteiger partial charge in [0.25, 0.3) is 5.91 Å². The molecule has 0 unspecified atom stereocenters. The molecule has 0 saturated carbocycles. The van der Waals surface area contributed by atoms with Gasteiger partial charge in [-0.1, -0.05) is 38.1 Å². The van der Waals surface area contributed by atoms with Gasteiger partial charge in [0.15, 0.2) is 6.10 Å². The maximum atomic E-state index is 12.5. The lowest BCUT2D eigenvalue weighted by Gasteiger charge is -2.19. The van der Waals surface area contributed by atoms with Gasteiger partial charge in [-0.3, -0.25) is 4.79 Å². The molecule has 0 radical (unpaired) electrons. The van der Waals surface area contributed by atoms with Gasteiger partial charge in [-0.15, -0.1) is 0 Å². The van der Waals surface area contributed by atoms with Crippen molar-refractivity contribution in [2.75, 3.05) is 0 Å². The molecular formula is C23H31NO3. The van der Waals surface area contributed by atoms with Crippen LogP contribution in [0.15, 0.2) is 42.5 Å². The van der Waals surface area contributed by atoms with E-state index in [0.29, 0.717) is 12.5 Å².